The zero-order valence-electron chi connectivity index (χ0n) is 24.1. The Morgan fingerprint density at radius 3 is 2.61 bits per heavy atom. The first kappa shape index (κ1) is 29.2. The lowest BCUT2D eigenvalue weighted by Gasteiger charge is -2.50. The van der Waals surface area contributed by atoms with E-state index < -0.39 is 65.0 Å². The van der Waals surface area contributed by atoms with Crippen LogP contribution in [0, 0.1) is 29.1 Å². The maximum Gasteiger partial charge on any atom is 0.235 e. The minimum atomic E-state index is -1.63. The molecule has 1 saturated heterocycles. The lowest BCUT2D eigenvalue weighted by Crippen LogP contribution is -2.58. The zero-order valence-corrected chi connectivity index (χ0v) is 24.1. The second-order valence-electron chi connectivity index (χ2n) is 12.0. The second kappa shape index (κ2) is 11.2. The van der Waals surface area contributed by atoms with Gasteiger partial charge in [-0.25, -0.2) is 0 Å². The normalized spacial score (nSPS) is 35.6. The van der Waals surface area contributed by atoms with Gasteiger partial charge in [0.1, 0.15) is 23.4 Å². The maximum absolute atomic E-state index is 14.4. The number of rotatable bonds is 3. The molecule has 3 aliphatic rings. The van der Waals surface area contributed by atoms with Gasteiger partial charge in [-0.1, -0.05) is 56.9 Å². The summed E-state index contributed by atoms with van der Waals surface area (Å²) in [4.78, 5) is 44.8. The molecule has 218 valence electrons. The Labute approximate surface area is 240 Å². The van der Waals surface area contributed by atoms with Crippen molar-refractivity contribution in [2.45, 2.75) is 64.4 Å². The van der Waals surface area contributed by atoms with E-state index in [1.807, 2.05) is 56.5 Å². The molecule has 5 rings (SSSR count). The predicted octanol–water partition coefficient (Wildman–Crippen LogP) is 3.96. The van der Waals surface area contributed by atoms with E-state index in [1.54, 1.807) is 20.1 Å². The number of benzene rings is 1. The van der Waals surface area contributed by atoms with E-state index in [9.17, 15) is 24.6 Å². The largest absolute Gasteiger partial charge is 0.388 e. The van der Waals surface area contributed by atoms with Crippen molar-refractivity contribution in [1.29, 1.82) is 0 Å². The van der Waals surface area contributed by atoms with Crippen LogP contribution in [-0.4, -0.2) is 58.0 Å². The van der Waals surface area contributed by atoms with Crippen molar-refractivity contribution in [3.05, 3.63) is 72.0 Å². The molecule has 1 aromatic carbocycles. The number of carbonyl (C=O) groups excluding carboxylic acids is 3. The number of hydrogen-bond acceptors (Lipinski definition) is 6. The molecule has 1 aliphatic heterocycles. The SMILES string of the molecule is C=C1C(C)C2C(C(OC)c3c[nH]c4ccccc34)NC(=O)C23C(=O)CCC(O)C(=O)C(C)=CC(C)CC=CC3C1O. The van der Waals surface area contributed by atoms with E-state index in [2.05, 4.69) is 16.9 Å². The smallest absolute Gasteiger partial charge is 0.235 e. The summed E-state index contributed by atoms with van der Waals surface area (Å²) in [5.41, 5.74) is 1.16. The van der Waals surface area contributed by atoms with E-state index in [1.165, 1.54) is 0 Å². The van der Waals surface area contributed by atoms with Crippen molar-refractivity contribution in [2.75, 3.05) is 7.11 Å². The maximum atomic E-state index is 14.4. The highest BCUT2D eigenvalue weighted by Gasteiger charge is 2.69. The number of hydrogen-bond donors (Lipinski definition) is 4. The van der Waals surface area contributed by atoms with Gasteiger partial charge in [-0.3, -0.25) is 14.4 Å². The average molecular weight is 561 g/mol. The number of allylic oxidation sites excluding steroid dienone is 2. The fourth-order valence-corrected chi connectivity index (χ4v) is 7.55. The fraction of sp³-hybridized carbons (Fsp3) is 0.485. The summed E-state index contributed by atoms with van der Waals surface area (Å²) in [6.45, 7) is 9.75. The molecular formula is C33H40N2O6. The first-order valence-corrected chi connectivity index (χ1v) is 14.4. The number of nitrogens with one attached hydrogen (secondary N) is 2. The number of Topliss-reactive ketones (excluding diaryl/α,β-unsaturated/α-hetero) is 2. The molecule has 41 heavy (non-hydrogen) atoms. The van der Waals surface area contributed by atoms with Crippen molar-refractivity contribution in [2.24, 2.45) is 29.1 Å². The number of aliphatic hydroxyl groups excluding tert-OH is 2. The summed E-state index contributed by atoms with van der Waals surface area (Å²) in [5, 5.41) is 26.3. The molecule has 1 aromatic heterocycles. The molecule has 1 spiro atoms. The van der Waals surface area contributed by atoms with E-state index in [4.69, 9.17) is 4.74 Å². The minimum Gasteiger partial charge on any atom is -0.388 e. The molecule has 2 fully saturated rings. The average Bonchev–Trinajstić information content (AvgIpc) is 3.51. The van der Waals surface area contributed by atoms with Crippen LogP contribution in [-0.2, 0) is 19.1 Å². The molecular weight excluding hydrogens is 520 g/mol. The van der Waals surface area contributed by atoms with Crippen LogP contribution in [0.15, 0.2) is 66.4 Å². The monoisotopic (exact) mass is 560 g/mol. The Morgan fingerprint density at radius 2 is 1.88 bits per heavy atom. The van der Waals surface area contributed by atoms with Crippen LogP contribution in [0.25, 0.3) is 10.9 Å². The third-order valence-electron chi connectivity index (χ3n) is 9.65. The topological polar surface area (TPSA) is 129 Å². The number of aromatic amines is 1. The number of ether oxygens (including phenoxy) is 1. The van der Waals surface area contributed by atoms with Gasteiger partial charge in [0.15, 0.2) is 5.78 Å². The number of H-pyrrole nitrogens is 1. The van der Waals surface area contributed by atoms with Crippen molar-refractivity contribution < 1.29 is 29.3 Å². The van der Waals surface area contributed by atoms with Gasteiger partial charge in [-0.15, -0.1) is 0 Å². The number of aliphatic hydroxyl groups is 2. The first-order valence-electron chi connectivity index (χ1n) is 14.4. The van der Waals surface area contributed by atoms with Gasteiger partial charge in [0.25, 0.3) is 0 Å². The van der Waals surface area contributed by atoms with Gasteiger partial charge in [0.05, 0.1) is 12.1 Å². The van der Waals surface area contributed by atoms with Gasteiger partial charge in [0, 0.05) is 48.0 Å². The van der Waals surface area contributed by atoms with Gasteiger partial charge in [-0.2, -0.15) is 0 Å². The molecule has 8 heteroatoms. The summed E-state index contributed by atoms with van der Waals surface area (Å²) < 4.78 is 6.07. The highest BCUT2D eigenvalue weighted by molar-refractivity contribution is 6.09. The summed E-state index contributed by atoms with van der Waals surface area (Å²) >= 11 is 0. The van der Waals surface area contributed by atoms with Crippen molar-refractivity contribution in [3.8, 4) is 0 Å². The summed E-state index contributed by atoms with van der Waals surface area (Å²) in [5.74, 6) is -3.18. The molecule has 2 aliphatic carbocycles. The molecule has 9 atom stereocenters. The standard InChI is InChI=1S/C33H40N2O6/c1-17-9-8-11-23-30(39)20(4)19(3)27-28(31(41-5)22-16-34-24-12-7-6-10-21(22)24)35-32(40)33(23,27)26(37)14-13-25(36)29(38)18(2)15-17/h6-8,10-12,15-17,19,23,25,27-28,30-31,34,36,39H,4,9,13-14H2,1-3,5H3,(H,35,40). The number of fused-ring (bicyclic) bond motifs is 1. The highest BCUT2D eigenvalue weighted by atomic mass is 16.5. The molecule has 4 N–H and O–H groups in total. The highest BCUT2D eigenvalue weighted by Crippen LogP contribution is 2.58. The number of para-hydroxylation sites is 1. The molecule has 2 heterocycles. The third-order valence-corrected chi connectivity index (χ3v) is 9.65. The lowest BCUT2D eigenvalue weighted by molar-refractivity contribution is -0.152. The Hall–Kier alpha value is -3.33. The van der Waals surface area contributed by atoms with Crippen molar-refractivity contribution in [3.63, 3.8) is 0 Å². The summed E-state index contributed by atoms with van der Waals surface area (Å²) in [7, 11) is 1.59. The van der Waals surface area contributed by atoms with Crippen molar-refractivity contribution in [1.82, 2.24) is 10.3 Å². The summed E-state index contributed by atoms with van der Waals surface area (Å²) in [6, 6.07) is 7.22. The van der Waals surface area contributed by atoms with Crippen LogP contribution in [0.5, 0.6) is 0 Å². The van der Waals surface area contributed by atoms with Crippen LogP contribution in [0.1, 0.15) is 51.7 Å². The zero-order chi connectivity index (χ0) is 29.6. The second-order valence-corrected chi connectivity index (χ2v) is 12.0. The van der Waals surface area contributed by atoms with Gasteiger partial charge in [-0.05, 0) is 48.8 Å². The van der Waals surface area contributed by atoms with Gasteiger partial charge >= 0.3 is 0 Å². The molecule has 8 nitrogen and oxygen atoms in total. The van der Waals surface area contributed by atoms with Crippen LogP contribution in [0.2, 0.25) is 0 Å². The van der Waals surface area contributed by atoms with Crippen LogP contribution in [0.4, 0.5) is 0 Å². The minimum absolute atomic E-state index is 0.0293. The number of aromatic nitrogens is 1. The Morgan fingerprint density at radius 1 is 1.15 bits per heavy atom. The first-order chi connectivity index (χ1) is 19.5. The molecule has 0 radical (unpaired) electrons. The summed E-state index contributed by atoms with van der Waals surface area (Å²) in [6.07, 6.45) is 4.52. The van der Waals surface area contributed by atoms with Gasteiger partial charge in [0.2, 0.25) is 5.91 Å². The fourth-order valence-electron chi connectivity index (χ4n) is 7.55. The Bertz CT molecular complexity index is 1440. The van der Waals surface area contributed by atoms with E-state index in [0.29, 0.717) is 17.6 Å². The van der Waals surface area contributed by atoms with Crippen molar-refractivity contribution >= 4 is 28.4 Å². The lowest BCUT2D eigenvalue weighted by atomic mass is 9.51. The van der Waals surface area contributed by atoms with E-state index in [-0.39, 0.29) is 18.8 Å². The van der Waals surface area contributed by atoms with Gasteiger partial charge < -0.3 is 25.3 Å². The molecule has 1 saturated carbocycles. The predicted molar refractivity (Wildman–Crippen MR) is 156 cm³/mol. The Kier molecular flexibility index (Phi) is 7.94. The number of amides is 1. The third kappa shape index (κ3) is 4.62. The Balaban J connectivity index is 1.65. The van der Waals surface area contributed by atoms with Crippen LogP contribution >= 0.6 is 0 Å². The molecule has 0 bridgehead atoms. The number of carbonyl (C=O) groups is 3. The van der Waals surface area contributed by atoms with E-state index in [0.717, 1.165) is 16.5 Å². The molecule has 2 aromatic rings. The molecule has 1 amide bonds. The molecule has 9 unspecified atom stereocenters. The number of ketones is 2. The van der Waals surface area contributed by atoms with Crippen LogP contribution in [0.3, 0.4) is 0 Å². The van der Waals surface area contributed by atoms with E-state index >= 15 is 0 Å². The quantitative estimate of drug-likeness (QED) is 0.332. The number of methoxy groups -OCH3 is 1. The van der Waals surface area contributed by atoms with Crippen LogP contribution < -0.4 is 5.32 Å².